The van der Waals surface area contributed by atoms with E-state index in [0.717, 1.165) is 0 Å². The highest BCUT2D eigenvalue weighted by molar-refractivity contribution is 9.10. The minimum atomic E-state index is -0.523. The summed E-state index contributed by atoms with van der Waals surface area (Å²) in [6.07, 6.45) is 1.43. The number of methoxy groups -OCH3 is 1. The van der Waals surface area contributed by atoms with Crippen LogP contribution in [0.1, 0.15) is 15.9 Å². The van der Waals surface area contributed by atoms with Crippen molar-refractivity contribution in [2.45, 2.75) is 0 Å². The summed E-state index contributed by atoms with van der Waals surface area (Å²) in [4.78, 5) is 24.3. The highest BCUT2D eigenvalue weighted by Gasteiger charge is 2.15. The Morgan fingerprint density at radius 3 is 2.53 bits per heavy atom. The monoisotopic (exact) mass is 516 g/mol. The van der Waals surface area contributed by atoms with E-state index in [4.69, 9.17) is 25.8 Å². The fourth-order valence-electron chi connectivity index (χ4n) is 2.52. The van der Waals surface area contributed by atoms with Crippen molar-refractivity contribution in [3.05, 3.63) is 87.4 Å². The highest BCUT2D eigenvalue weighted by atomic mass is 79.9. The van der Waals surface area contributed by atoms with E-state index in [1.54, 1.807) is 66.7 Å². The van der Waals surface area contributed by atoms with Crippen molar-refractivity contribution in [3.8, 4) is 17.2 Å². The third kappa shape index (κ3) is 6.57. The van der Waals surface area contributed by atoms with Crippen LogP contribution >= 0.6 is 27.5 Å². The third-order valence-corrected chi connectivity index (χ3v) is 5.01. The molecule has 9 heteroatoms. The molecule has 0 spiro atoms. The lowest BCUT2D eigenvalue weighted by Crippen LogP contribution is -2.24. The van der Waals surface area contributed by atoms with Gasteiger partial charge in [0, 0.05) is 9.50 Å². The molecule has 3 aromatic rings. The van der Waals surface area contributed by atoms with Crippen LogP contribution in [0.15, 0.2) is 76.3 Å². The smallest absolute Gasteiger partial charge is 0.344 e. The minimum Gasteiger partial charge on any atom is -0.493 e. The van der Waals surface area contributed by atoms with Gasteiger partial charge in [-0.25, -0.2) is 10.2 Å². The largest absolute Gasteiger partial charge is 0.493 e. The summed E-state index contributed by atoms with van der Waals surface area (Å²) in [6.45, 7) is -0.202. The van der Waals surface area contributed by atoms with E-state index >= 15 is 0 Å². The second-order valence-corrected chi connectivity index (χ2v) is 7.61. The van der Waals surface area contributed by atoms with Gasteiger partial charge in [-0.05, 0) is 76.1 Å². The lowest BCUT2D eigenvalue weighted by atomic mass is 10.2. The molecule has 3 aromatic carbocycles. The molecule has 7 nitrogen and oxygen atoms in total. The van der Waals surface area contributed by atoms with E-state index in [-0.39, 0.29) is 12.4 Å². The van der Waals surface area contributed by atoms with Gasteiger partial charge in [0.2, 0.25) is 0 Å². The molecule has 0 bridgehead atoms. The van der Waals surface area contributed by atoms with Crippen molar-refractivity contribution in [2.75, 3.05) is 13.7 Å². The van der Waals surface area contributed by atoms with E-state index in [1.165, 1.54) is 13.3 Å². The van der Waals surface area contributed by atoms with Crippen LogP contribution in [0.25, 0.3) is 0 Å². The summed E-state index contributed by atoms with van der Waals surface area (Å²) in [5.74, 6) is 0.163. The number of hydrogen-bond donors (Lipinski definition) is 1. The molecule has 0 saturated heterocycles. The van der Waals surface area contributed by atoms with Crippen LogP contribution in [0.4, 0.5) is 0 Å². The number of carbonyl (C=O) groups excluding carboxylic acids is 2. The van der Waals surface area contributed by atoms with Gasteiger partial charge in [-0.2, -0.15) is 5.10 Å². The number of esters is 1. The maximum Gasteiger partial charge on any atom is 0.344 e. The first kappa shape index (κ1) is 23.3. The van der Waals surface area contributed by atoms with Gasteiger partial charge in [-0.3, -0.25) is 4.79 Å². The van der Waals surface area contributed by atoms with Crippen LogP contribution in [0, 0.1) is 0 Å². The Labute approximate surface area is 198 Å². The molecule has 0 aliphatic heterocycles. The van der Waals surface area contributed by atoms with Crippen LogP contribution in [-0.2, 0) is 4.79 Å². The third-order valence-electron chi connectivity index (χ3n) is 4.07. The van der Waals surface area contributed by atoms with Gasteiger partial charge in [0.05, 0.1) is 18.9 Å². The first-order valence-corrected chi connectivity index (χ1v) is 10.5. The van der Waals surface area contributed by atoms with E-state index in [9.17, 15) is 9.59 Å². The molecule has 0 radical (unpaired) electrons. The number of carbonyl (C=O) groups is 2. The molecular weight excluding hydrogens is 500 g/mol. The Morgan fingerprint density at radius 1 is 1.06 bits per heavy atom. The SMILES string of the molecule is COc1cc(C=NNC(=O)COc2ccc(Cl)cc2)ccc1OC(=O)c1ccccc1Br. The van der Waals surface area contributed by atoms with E-state index in [2.05, 4.69) is 26.5 Å². The van der Waals surface area contributed by atoms with Gasteiger partial charge >= 0.3 is 5.97 Å². The zero-order chi connectivity index (χ0) is 22.9. The summed E-state index contributed by atoms with van der Waals surface area (Å²) < 4.78 is 16.7. The fraction of sp³-hybridized carbons (Fsp3) is 0.0870. The summed E-state index contributed by atoms with van der Waals surface area (Å²) in [5, 5.41) is 4.48. The average molecular weight is 518 g/mol. The molecule has 0 fully saturated rings. The Morgan fingerprint density at radius 2 is 1.81 bits per heavy atom. The number of ether oxygens (including phenoxy) is 3. The minimum absolute atomic E-state index is 0.202. The van der Waals surface area contributed by atoms with Crippen molar-refractivity contribution in [3.63, 3.8) is 0 Å². The zero-order valence-electron chi connectivity index (χ0n) is 16.9. The molecule has 0 unspecified atom stereocenters. The molecule has 1 N–H and O–H groups in total. The summed E-state index contributed by atoms with van der Waals surface area (Å²) in [6, 6.07) is 18.5. The van der Waals surface area contributed by atoms with Crippen molar-refractivity contribution in [2.24, 2.45) is 5.10 Å². The number of nitrogens with zero attached hydrogens (tertiary/aromatic N) is 1. The normalized spacial score (nSPS) is 10.6. The lowest BCUT2D eigenvalue weighted by molar-refractivity contribution is -0.123. The summed E-state index contributed by atoms with van der Waals surface area (Å²) in [7, 11) is 1.46. The molecule has 0 aliphatic rings. The van der Waals surface area contributed by atoms with Crippen molar-refractivity contribution in [1.82, 2.24) is 5.43 Å². The van der Waals surface area contributed by atoms with Gasteiger partial charge in [0.15, 0.2) is 18.1 Å². The number of hydrazone groups is 1. The van der Waals surface area contributed by atoms with E-state index < -0.39 is 11.9 Å². The van der Waals surface area contributed by atoms with Crippen LogP contribution in [0.5, 0.6) is 17.2 Å². The Bertz CT molecular complexity index is 1140. The second-order valence-electron chi connectivity index (χ2n) is 6.32. The molecular formula is C23H18BrClN2O5. The fourth-order valence-corrected chi connectivity index (χ4v) is 3.09. The Hall–Kier alpha value is -3.36. The number of benzene rings is 3. The predicted molar refractivity (Wildman–Crippen MR) is 125 cm³/mol. The molecule has 0 heterocycles. The molecule has 0 aromatic heterocycles. The van der Waals surface area contributed by atoms with E-state index in [1.807, 2.05) is 0 Å². The molecule has 0 aliphatic carbocycles. The Balaban J connectivity index is 1.57. The molecule has 1 amide bonds. The summed E-state index contributed by atoms with van der Waals surface area (Å²) in [5.41, 5.74) is 3.39. The average Bonchev–Trinajstić information content (AvgIpc) is 2.79. The standard InChI is InChI=1S/C23H18BrClN2O5/c1-30-21-12-15(6-11-20(21)32-23(29)18-4-2-3-5-19(18)24)13-26-27-22(28)14-31-17-9-7-16(25)8-10-17/h2-13H,14H2,1H3,(H,27,28). The van der Waals surface area contributed by atoms with Crippen molar-refractivity contribution >= 4 is 45.6 Å². The van der Waals surface area contributed by atoms with Gasteiger partial charge in [0.1, 0.15) is 5.75 Å². The number of hydrogen-bond acceptors (Lipinski definition) is 6. The van der Waals surface area contributed by atoms with Crippen LogP contribution in [0.2, 0.25) is 5.02 Å². The first-order valence-electron chi connectivity index (χ1n) is 9.31. The first-order chi connectivity index (χ1) is 15.5. The molecule has 164 valence electrons. The molecule has 0 atom stereocenters. The predicted octanol–water partition coefficient (Wildman–Crippen LogP) is 4.86. The van der Waals surface area contributed by atoms with Gasteiger partial charge < -0.3 is 14.2 Å². The topological polar surface area (TPSA) is 86.2 Å². The lowest BCUT2D eigenvalue weighted by Gasteiger charge is -2.10. The molecule has 32 heavy (non-hydrogen) atoms. The molecule has 0 saturated carbocycles. The van der Waals surface area contributed by atoms with Crippen LogP contribution in [-0.4, -0.2) is 31.8 Å². The number of amides is 1. The zero-order valence-corrected chi connectivity index (χ0v) is 19.2. The Kier molecular flexibility index (Phi) is 8.24. The van der Waals surface area contributed by atoms with Crippen molar-refractivity contribution in [1.29, 1.82) is 0 Å². The van der Waals surface area contributed by atoms with Gasteiger partial charge in [-0.15, -0.1) is 0 Å². The van der Waals surface area contributed by atoms with Crippen molar-refractivity contribution < 1.29 is 23.8 Å². The van der Waals surface area contributed by atoms with Crippen LogP contribution < -0.4 is 19.6 Å². The number of halogens is 2. The van der Waals surface area contributed by atoms with Crippen LogP contribution in [0.3, 0.4) is 0 Å². The number of rotatable bonds is 8. The maximum absolute atomic E-state index is 12.4. The van der Waals surface area contributed by atoms with E-state index in [0.29, 0.717) is 32.1 Å². The summed E-state index contributed by atoms with van der Waals surface area (Å²) >= 11 is 9.13. The van der Waals surface area contributed by atoms with Gasteiger partial charge in [0.25, 0.3) is 5.91 Å². The highest BCUT2D eigenvalue weighted by Crippen LogP contribution is 2.29. The number of nitrogens with one attached hydrogen (secondary N) is 1. The van der Waals surface area contributed by atoms with Gasteiger partial charge in [-0.1, -0.05) is 23.7 Å². The quantitative estimate of drug-likeness (QED) is 0.200. The molecule has 3 rings (SSSR count). The maximum atomic E-state index is 12.4. The second kappa shape index (κ2) is 11.3.